The van der Waals surface area contributed by atoms with Crippen molar-refractivity contribution in [1.29, 1.82) is 0 Å². The van der Waals surface area contributed by atoms with Crippen molar-refractivity contribution < 1.29 is 40.7 Å². The number of benzene rings is 3. The molecular formula is C28H26N4O9S2. The molecular weight excluding hydrogens is 600 g/mol. The SMILES string of the molecule is CCOC(=O)c1ccc(NC(=O)COC(=O)c2cn(-c3ccc(S(N)(=O)=O)cc3)nc2-c2ccc(S(C)(=O)=O)cc2)cc1. The van der Waals surface area contributed by atoms with Gasteiger partial charge >= 0.3 is 11.9 Å². The summed E-state index contributed by atoms with van der Waals surface area (Å²) < 4.78 is 58.5. The van der Waals surface area contributed by atoms with Gasteiger partial charge in [0.1, 0.15) is 11.3 Å². The van der Waals surface area contributed by atoms with Crippen molar-refractivity contribution in [2.75, 3.05) is 24.8 Å². The lowest BCUT2D eigenvalue weighted by molar-refractivity contribution is -0.119. The molecule has 3 aromatic carbocycles. The number of carbonyl (C=O) groups excluding carboxylic acids is 3. The fourth-order valence-electron chi connectivity index (χ4n) is 3.83. The molecule has 0 aliphatic heterocycles. The third-order valence-electron chi connectivity index (χ3n) is 5.93. The Bertz CT molecular complexity index is 1880. The van der Waals surface area contributed by atoms with Crippen molar-refractivity contribution in [3.8, 4) is 16.9 Å². The van der Waals surface area contributed by atoms with Crippen molar-refractivity contribution in [2.24, 2.45) is 5.14 Å². The Balaban J connectivity index is 1.56. The summed E-state index contributed by atoms with van der Waals surface area (Å²) in [6.45, 7) is 1.25. The number of nitrogens with zero attached hydrogens (tertiary/aromatic N) is 2. The summed E-state index contributed by atoms with van der Waals surface area (Å²) in [4.78, 5) is 37.3. The highest BCUT2D eigenvalue weighted by Crippen LogP contribution is 2.26. The molecule has 0 fully saturated rings. The molecule has 13 nitrogen and oxygen atoms in total. The molecule has 4 rings (SSSR count). The first-order valence-electron chi connectivity index (χ1n) is 12.5. The molecule has 1 heterocycles. The first-order valence-corrected chi connectivity index (χ1v) is 16.0. The predicted molar refractivity (Wildman–Crippen MR) is 155 cm³/mol. The van der Waals surface area contributed by atoms with E-state index in [4.69, 9.17) is 14.6 Å². The highest BCUT2D eigenvalue weighted by molar-refractivity contribution is 7.90. The Morgan fingerprint density at radius 1 is 0.837 bits per heavy atom. The van der Waals surface area contributed by atoms with Gasteiger partial charge in [0.2, 0.25) is 10.0 Å². The van der Waals surface area contributed by atoms with Crippen LogP contribution >= 0.6 is 0 Å². The van der Waals surface area contributed by atoms with E-state index in [1.54, 1.807) is 6.92 Å². The Hall–Kier alpha value is -4.86. The van der Waals surface area contributed by atoms with Gasteiger partial charge in [-0.1, -0.05) is 12.1 Å². The Labute approximate surface area is 247 Å². The number of ether oxygens (including phenoxy) is 2. The second kappa shape index (κ2) is 12.6. The summed E-state index contributed by atoms with van der Waals surface area (Å²) in [5.74, 6) is -2.05. The van der Waals surface area contributed by atoms with Crippen molar-refractivity contribution in [2.45, 2.75) is 16.7 Å². The normalized spacial score (nSPS) is 11.5. The zero-order valence-electron chi connectivity index (χ0n) is 22.9. The molecule has 43 heavy (non-hydrogen) atoms. The maximum Gasteiger partial charge on any atom is 0.342 e. The molecule has 1 amide bonds. The van der Waals surface area contributed by atoms with E-state index in [0.29, 0.717) is 22.5 Å². The number of esters is 2. The van der Waals surface area contributed by atoms with Gasteiger partial charge in [-0.05, 0) is 67.6 Å². The molecule has 0 aliphatic rings. The number of primary sulfonamides is 1. The number of aromatic nitrogens is 2. The Morgan fingerprint density at radius 3 is 2.00 bits per heavy atom. The zero-order valence-corrected chi connectivity index (χ0v) is 24.5. The lowest BCUT2D eigenvalue weighted by atomic mass is 10.1. The first-order chi connectivity index (χ1) is 20.3. The number of rotatable bonds is 10. The quantitative estimate of drug-likeness (QED) is 0.247. The largest absolute Gasteiger partial charge is 0.462 e. The number of sulfonamides is 1. The van der Waals surface area contributed by atoms with Gasteiger partial charge < -0.3 is 14.8 Å². The van der Waals surface area contributed by atoms with Crippen molar-refractivity contribution in [3.05, 3.63) is 90.1 Å². The van der Waals surface area contributed by atoms with Gasteiger partial charge in [-0.25, -0.2) is 36.2 Å². The third-order valence-corrected chi connectivity index (χ3v) is 7.99. The van der Waals surface area contributed by atoms with Crippen LogP contribution in [0.5, 0.6) is 0 Å². The van der Waals surface area contributed by atoms with Crippen LogP contribution in [0.1, 0.15) is 27.6 Å². The van der Waals surface area contributed by atoms with E-state index in [9.17, 15) is 31.2 Å². The molecule has 0 saturated heterocycles. The van der Waals surface area contributed by atoms with Crippen LogP contribution in [0.3, 0.4) is 0 Å². The van der Waals surface area contributed by atoms with Gasteiger partial charge in [-0.15, -0.1) is 0 Å². The second-order valence-electron chi connectivity index (χ2n) is 9.09. The lowest BCUT2D eigenvalue weighted by Crippen LogP contribution is -2.21. The van der Waals surface area contributed by atoms with Crippen LogP contribution in [0.4, 0.5) is 5.69 Å². The van der Waals surface area contributed by atoms with E-state index in [1.165, 1.54) is 83.7 Å². The maximum absolute atomic E-state index is 13.1. The van der Waals surface area contributed by atoms with Crippen LogP contribution in [0.25, 0.3) is 16.9 Å². The number of hydrogen-bond acceptors (Lipinski definition) is 10. The molecule has 1 aromatic heterocycles. The van der Waals surface area contributed by atoms with Crippen LogP contribution in [0.2, 0.25) is 0 Å². The number of carbonyl (C=O) groups is 3. The molecule has 0 atom stereocenters. The Morgan fingerprint density at radius 2 is 1.44 bits per heavy atom. The minimum Gasteiger partial charge on any atom is -0.462 e. The van der Waals surface area contributed by atoms with Gasteiger partial charge in [0, 0.05) is 23.7 Å². The van der Waals surface area contributed by atoms with Crippen molar-refractivity contribution in [1.82, 2.24) is 9.78 Å². The summed E-state index contributed by atoms with van der Waals surface area (Å²) in [6, 6.07) is 17.0. The van der Waals surface area contributed by atoms with Crippen LogP contribution < -0.4 is 10.5 Å². The summed E-state index contributed by atoms with van der Waals surface area (Å²) in [5.41, 5.74) is 1.50. The first kappa shape index (κ1) is 31.1. The molecule has 0 spiro atoms. The number of hydrogen-bond donors (Lipinski definition) is 2. The molecule has 3 N–H and O–H groups in total. The molecule has 0 bridgehead atoms. The molecule has 15 heteroatoms. The fourth-order valence-corrected chi connectivity index (χ4v) is 4.97. The number of amides is 1. The van der Waals surface area contributed by atoms with Crippen LogP contribution in [-0.4, -0.2) is 63.9 Å². The number of anilines is 1. The fraction of sp³-hybridized carbons (Fsp3) is 0.143. The topological polar surface area (TPSA) is 194 Å². The molecule has 0 radical (unpaired) electrons. The van der Waals surface area contributed by atoms with E-state index < -0.39 is 44.3 Å². The minimum atomic E-state index is -3.94. The summed E-state index contributed by atoms with van der Waals surface area (Å²) in [6.07, 6.45) is 2.39. The van der Waals surface area contributed by atoms with Gasteiger partial charge in [0.05, 0.1) is 27.6 Å². The highest BCUT2D eigenvalue weighted by atomic mass is 32.2. The number of nitrogens with two attached hydrogens (primary N) is 1. The molecule has 0 saturated carbocycles. The average molecular weight is 627 g/mol. The van der Waals surface area contributed by atoms with E-state index in [1.807, 2.05) is 0 Å². The molecule has 0 unspecified atom stereocenters. The van der Waals surface area contributed by atoms with E-state index in [-0.39, 0.29) is 27.7 Å². The van der Waals surface area contributed by atoms with Gasteiger partial charge in [-0.2, -0.15) is 5.10 Å². The average Bonchev–Trinajstić information content (AvgIpc) is 3.41. The van der Waals surface area contributed by atoms with Crippen molar-refractivity contribution >= 4 is 43.4 Å². The van der Waals surface area contributed by atoms with Crippen LogP contribution in [0, 0.1) is 0 Å². The summed E-state index contributed by atoms with van der Waals surface area (Å²) in [7, 11) is -7.41. The predicted octanol–water partition coefficient (Wildman–Crippen LogP) is 2.56. The van der Waals surface area contributed by atoms with E-state index in [2.05, 4.69) is 10.4 Å². The maximum atomic E-state index is 13.1. The summed E-state index contributed by atoms with van der Waals surface area (Å²) in [5, 5.41) is 12.2. The Kier molecular flexibility index (Phi) is 9.08. The van der Waals surface area contributed by atoms with Gasteiger partial charge in [0.15, 0.2) is 16.4 Å². The van der Waals surface area contributed by atoms with Crippen LogP contribution in [0.15, 0.2) is 88.8 Å². The number of sulfone groups is 1. The van der Waals surface area contributed by atoms with Crippen LogP contribution in [-0.2, 0) is 34.1 Å². The minimum absolute atomic E-state index is 0.0470. The van der Waals surface area contributed by atoms with Crippen molar-refractivity contribution in [3.63, 3.8) is 0 Å². The zero-order chi connectivity index (χ0) is 31.4. The van der Waals surface area contributed by atoms with E-state index >= 15 is 0 Å². The monoisotopic (exact) mass is 626 g/mol. The highest BCUT2D eigenvalue weighted by Gasteiger charge is 2.22. The summed E-state index contributed by atoms with van der Waals surface area (Å²) >= 11 is 0. The second-order valence-corrected chi connectivity index (χ2v) is 12.7. The molecule has 4 aromatic rings. The smallest absolute Gasteiger partial charge is 0.342 e. The van der Waals surface area contributed by atoms with E-state index in [0.717, 1.165) is 6.26 Å². The lowest BCUT2D eigenvalue weighted by Gasteiger charge is -2.08. The third kappa shape index (κ3) is 7.71. The molecule has 0 aliphatic carbocycles. The van der Waals surface area contributed by atoms with Gasteiger partial charge in [-0.3, -0.25) is 4.79 Å². The van der Waals surface area contributed by atoms with Gasteiger partial charge in [0.25, 0.3) is 5.91 Å². The standard InChI is InChI=1S/C28H26N4O9S2/c1-3-40-27(34)19-4-8-20(9-5-19)30-25(33)17-41-28(35)24-16-32(21-10-14-23(15-11-21)43(29,38)39)31-26(24)18-6-12-22(13-7-18)42(2,36)37/h4-16H,3,17H2,1-2H3,(H,30,33)(H2,29,38,39). The number of nitrogens with one attached hydrogen (secondary N) is 1. The molecule has 224 valence electrons.